The molecule has 1 aliphatic heterocycles. The van der Waals surface area contributed by atoms with Crippen molar-refractivity contribution in [2.75, 3.05) is 0 Å². The number of unbranched alkanes of at least 4 members (excludes halogenated alkanes) is 4. The van der Waals surface area contributed by atoms with E-state index < -0.39 is 17.9 Å². The van der Waals surface area contributed by atoms with Crippen LogP contribution in [0, 0.1) is 17.8 Å². The van der Waals surface area contributed by atoms with Gasteiger partial charge in [0.1, 0.15) is 5.92 Å². The van der Waals surface area contributed by atoms with Crippen LogP contribution in [-0.4, -0.2) is 11.9 Å². The average molecular weight is 208 g/mol. The SMILES string of the molecule is CCCCCCC#CC1CC(=O)OC1=O. The van der Waals surface area contributed by atoms with Crippen molar-refractivity contribution in [3.05, 3.63) is 0 Å². The van der Waals surface area contributed by atoms with Crippen LogP contribution in [0.2, 0.25) is 0 Å². The van der Waals surface area contributed by atoms with E-state index >= 15 is 0 Å². The number of ether oxygens (including phenoxy) is 1. The van der Waals surface area contributed by atoms with E-state index in [9.17, 15) is 9.59 Å². The van der Waals surface area contributed by atoms with E-state index in [2.05, 4.69) is 23.5 Å². The van der Waals surface area contributed by atoms with Crippen LogP contribution in [0.4, 0.5) is 0 Å². The normalized spacial score (nSPS) is 19.7. The lowest BCUT2D eigenvalue weighted by atomic mass is 10.1. The highest BCUT2D eigenvalue weighted by atomic mass is 16.6. The van der Waals surface area contributed by atoms with Crippen LogP contribution in [0.25, 0.3) is 0 Å². The lowest BCUT2D eigenvalue weighted by Crippen LogP contribution is -2.04. The second-order valence-corrected chi connectivity index (χ2v) is 3.68. The summed E-state index contributed by atoms with van der Waals surface area (Å²) in [5.74, 6) is 4.28. The summed E-state index contributed by atoms with van der Waals surface area (Å²) < 4.78 is 4.39. The van der Waals surface area contributed by atoms with Crippen LogP contribution >= 0.6 is 0 Å². The zero-order valence-electron chi connectivity index (χ0n) is 9.04. The molecule has 0 aliphatic carbocycles. The summed E-state index contributed by atoms with van der Waals surface area (Å²) in [5, 5.41) is 0. The molecule has 0 saturated carbocycles. The van der Waals surface area contributed by atoms with Gasteiger partial charge in [0.15, 0.2) is 0 Å². The van der Waals surface area contributed by atoms with E-state index in [4.69, 9.17) is 0 Å². The lowest BCUT2D eigenvalue weighted by Gasteiger charge is -1.93. The standard InChI is InChI=1S/C12H16O3/c1-2-3-4-5-6-7-8-10-9-11(13)15-12(10)14/h10H,2-6,9H2,1H3. The first-order valence-electron chi connectivity index (χ1n) is 5.47. The van der Waals surface area contributed by atoms with Crippen LogP contribution in [0.15, 0.2) is 0 Å². The lowest BCUT2D eigenvalue weighted by molar-refractivity contribution is -0.152. The number of hydrogen-bond donors (Lipinski definition) is 0. The molecule has 1 aliphatic rings. The van der Waals surface area contributed by atoms with Gasteiger partial charge in [-0.2, -0.15) is 0 Å². The third-order valence-corrected chi connectivity index (χ3v) is 2.30. The first-order chi connectivity index (χ1) is 7.24. The van der Waals surface area contributed by atoms with Gasteiger partial charge in [-0.25, -0.2) is 0 Å². The Hall–Kier alpha value is -1.30. The summed E-state index contributed by atoms with van der Waals surface area (Å²) >= 11 is 0. The largest absolute Gasteiger partial charge is 0.392 e. The van der Waals surface area contributed by atoms with Gasteiger partial charge in [-0.05, 0) is 6.42 Å². The summed E-state index contributed by atoms with van der Waals surface area (Å²) in [6.07, 6.45) is 5.61. The molecule has 3 heteroatoms. The van der Waals surface area contributed by atoms with Gasteiger partial charge in [-0.1, -0.05) is 32.1 Å². The molecule has 1 saturated heterocycles. The molecule has 1 atom stereocenters. The predicted octanol–water partition coefficient (Wildman–Crippen LogP) is 2.05. The first kappa shape index (κ1) is 11.8. The maximum Gasteiger partial charge on any atom is 0.329 e. The Morgan fingerprint density at radius 2 is 2.13 bits per heavy atom. The Labute approximate surface area is 90.2 Å². The molecule has 0 aromatic rings. The first-order valence-corrected chi connectivity index (χ1v) is 5.47. The van der Waals surface area contributed by atoms with Crippen LogP contribution in [0.5, 0.6) is 0 Å². The Morgan fingerprint density at radius 3 is 2.73 bits per heavy atom. The maximum atomic E-state index is 11.0. The average Bonchev–Trinajstić information content (AvgIpc) is 2.51. The van der Waals surface area contributed by atoms with Gasteiger partial charge in [0.2, 0.25) is 0 Å². The molecule has 15 heavy (non-hydrogen) atoms. The van der Waals surface area contributed by atoms with Crippen molar-refractivity contribution >= 4 is 11.9 Å². The van der Waals surface area contributed by atoms with Crippen LogP contribution < -0.4 is 0 Å². The zero-order valence-corrected chi connectivity index (χ0v) is 9.04. The second kappa shape index (κ2) is 6.23. The van der Waals surface area contributed by atoms with E-state index in [1.807, 2.05) is 0 Å². The fraction of sp³-hybridized carbons (Fsp3) is 0.667. The fourth-order valence-electron chi connectivity index (χ4n) is 1.42. The van der Waals surface area contributed by atoms with Crippen molar-refractivity contribution in [2.45, 2.75) is 45.4 Å². The van der Waals surface area contributed by atoms with Crippen molar-refractivity contribution in [1.29, 1.82) is 0 Å². The van der Waals surface area contributed by atoms with Gasteiger partial charge in [-0.3, -0.25) is 9.59 Å². The topological polar surface area (TPSA) is 43.4 Å². The highest BCUT2D eigenvalue weighted by molar-refractivity contribution is 5.96. The number of esters is 2. The van der Waals surface area contributed by atoms with Gasteiger partial charge < -0.3 is 4.74 Å². The molecule has 82 valence electrons. The van der Waals surface area contributed by atoms with E-state index in [1.165, 1.54) is 19.3 Å². The summed E-state index contributed by atoms with van der Waals surface area (Å²) in [6, 6.07) is 0. The Balaban J connectivity index is 2.20. The third kappa shape index (κ3) is 4.16. The van der Waals surface area contributed by atoms with Crippen LogP contribution in [0.3, 0.4) is 0 Å². The van der Waals surface area contributed by atoms with Crippen LogP contribution in [0.1, 0.15) is 45.4 Å². The fourth-order valence-corrected chi connectivity index (χ4v) is 1.42. The molecule has 1 heterocycles. The number of rotatable bonds is 4. The molecule has 1 unspecified atom stereocenters. The molecule has 0 amide bonds. The highest BCUT2D eigenvalue weighted by Gasteiger charge is 2.31. The predicted molar refractivity (Wildman–Crippen MR) is 55.7 cm³/mol. The highest BCUT2D eigenvalue weighted by Crippen LogP contribution is 2.14. The van der Waals surface area contributed by atoms with Crippen molar-refractivity contribution in [3.8, 4) is 11.8 Å². The van der Waals surface area contributed by atoms with Gasteiger partial charge in [-0.15, -0.1) is 5.92 Å². The summed E-state index contributed by atoms with van der Waals surface area (Å²) in [6.45, 7) is 2.16. The Morgan fingerprint density at radius 1 is 1.33 bits per heavy atom. The molecule has 0 aromatic heterocycles. The van der Waals surface area contributed by atoms with E-state index in [1.54, 1.807) is 0 Å². The van der Waals surface area contributed by atoms with Crippen LogP contribution in [-0.2, 0) is 14.3 Å². The van der Waals surface area contributed by atoms with Crippen molar-refractivity contribution in [2.24, 2.45) is 5.92 Å². The molecular formula is C12H16O3. The smallest absolute Gasteiger partial charge is 0.329 e. The molecule has 3 nitrogen and oxygen atoms in total. The minimum Gasteiger partial charge on any atom is -0.392 e. The second-order valence-electron chi connectivity index (χ2n) is 3.68. The minimum atomic E-state index is -0.510. The number of hydrogen-bond acceptors (Lipinski definition) is 3. The monoisotopic (exact) mass is 208 g/mol. The summed E-state index contributed by atoms with van der Waals surface area (Å²) in [4.78, 5) is 21.7. The maximum absolute atomic E-state index is 11.0. The molecular weight excluding hydrogens is 192 g/mol. The van der Waals surface area contributed by atoms with E-state index in [0.29, 0.717) is 0 Å². The van der Waals surface area contributed by atoms with Gasteiger partial charge in [0.05, 0.1) is 6.42 Å². The van der Waals surface area contributed by atoms with Crippen molar-refractivity contribution in [1.82, 2.24) is 0 Å². The van der Waals surface area contributed by atoms with Gasteiger partial charge >= 0.3 is 11.9 Å². The molecule has 0 bridgehead atoms. The zero-order chi connectivity index (χ0) is 11.1. The molecule has 1 rings (SSSR count). The molecule has 0 spiro atoms. The molecule has 1 fully saturated rings. The molecule has 0 N–H and O–H groups in total. The number of cyclic esters (lactones) is 2. The molecule has 0 radical (unpaired) electrons. The quantitative estimate of drug-likeness (QED) is 0.307. The van der Waals surface area contributed by atoms with Crippen molar-refractivity contribution < 1.29 is 14.3 Å². The van der Waals surface area contributed by atoms with E-state index in [-0.39, 0.29) is 6.42 Å². The van der Waals surface area contributed by atoms with Gasteiger partial charge in [0.25, 0.3) is 0 Å². The number of carbonyl (C=O) groups excluding carboxylic acids is 2. The summed E-state index contributed by atoms with van der Waals surface area (Å²) in [5.41, 5.74) is 0. The Bertz CT molecular complexity index is 296. The van der Waals surface area contributed by atoms with Gasteiger partial charge in [0, 0.05) is 6.42 Å². The minimum absolute atomic E-state index is 0.126. The van der Waals surface area contributed by atoms with E-state index in [0.717, 1.165) is 12.8 Å². The van der Waals surface area contributed by atoms with Crippen molar-refractivity contribution in [3.63, 3.8) is 0 Å². The summed E-state index contributed by atoms with van der Waals surface area (Å²) in [7, 11) is 0. The third-order valence-electron chi connectivity index (χ3n) is 2.30. The molecule has 0 aromatic carbocycles. The Kier molecular flexibility index (Phi) is 4.89. The number of carbonyl (C=O) groups is 2.